The van der Waals surface area contributed by atoms with Crippen molar-refractivity contribution in [3.05, 3.63) is 58.0 Å². The largest absolute Gasteiger partial charge is 0.336 e. The van der Waals surface area contributed by atoms with Crippen LogP contribution in [-0.4, -0.2) is 41.0 Å². The van der Waals surface area contributed by atoms with Crippen molar-refractivity contribution in [1.82, 2.24) is 9.91 Å². The average molecular weight is 373 g/mol. The Labute approximate surface area is 155 Å². The molecule has 0 spiro atoms. The van der Waals surface area contributed by atoms with Crippen molar-refractivity contribution in [3.63, 3.8) is 0 Å². The van der Waals surface area contributed by atoms with Crippen LogP contribution in [0.15, 0.2) is 46.9 Å². The van der Waals surface area contributed by atoms with E-state index in [9.17, 15) is 14.0 Å². The summed E-state index contributed by atoms with van der Waals surface area (Å²) in [6, 6.07) is 9.72. The van der Waals surface area contributed by atoms with E-state index >= 15 is 0 Å². The fourth-order valence-corrected chi connectivity index (χ4v) is 3.63. The number of hydrogen-bond acceptors (Lipinski definition) is 4. The van der Waals surface area contributed by atoms with Gasteiger partial charge in [0.25, 0.3) is 5.91 Å². The number of hydrogen-bond donors (Lipinski definition) is 0. The Morgan fingerprint density at radius 2 is 2.04 bits per heavy atom. The van der Waals surface area contributed by atoms with Gasteiger partial charge < -0.3 is 4.90 Å². The molecule has 136 valence electrons. The molecule has 5 nitrogen and oxygen atoms in total. The number of carbonyl (C=O) groups is 2. The molecule has 1 aliphatic rings. The van der Waals surface area contributed by atoms with E-state index in [0.29, 0.717) is 12.8 Å². The van der Waals surface area contributed by atoms with E-state index in [1.807, 2.05) is 17.5 Å². The van der Waals surface area contributed by atoms with Gasteiger partial charge in [0.05, 0.1) is 16.6 Å². The summed E-state index contributed by atoms with van der Waals surface area (Å²) in [4.78, 5) is 27.0. The summed E-state index contributed by atoms with van der Waals surface area (Å²) in [7, 11) is 1.61. The maximum atomic E-state index is 13.3. The van der Waals surface area contributed by atoms with Crippen LogP contribution < -0.4 is 0 Å². The topological polar surface area (TPSA) is 53.0 Å². The smallest absolute Gasteiger partial charge is 0.262 e. The molecule has 7 heteroatoms. The lowest BCUT2D eigenvalue weighted by molar-refractivity contribution is -0.140. The Kier molecular flexibility index (Phi) is 5.46. The number of nitrogens with zero attached hydrogens (tertiary/aromatic N) is 3. The number of amides is 2. The van der Waals surface area contributed by atoms with E-state index in [-0.39, 0.29) is 30.2 Å². The zero-order valence-electron chi connectivity index (χ0n) is 14.7. The molecule has 2 aromatic rings. The molecule has 0 fully saturated rings. The minimum Gasteiger partial charge on any atom is -0.336 e. The third-order valence-electron chi connectivity index (χ3n) is 4.33. The quantitative estimate of drug-likeness (QED) is 0.806. The highest BCUT2D eigenvalue weighted by atomic mass is 32.1. The van der Waals surface area contributed by atoms with Gasteiger partial charge in [0, 0.05) is 19.9 Å². The molecule has 1 aliphatic heterocycles. The molecule has 26 heavy (non-hydrogen) atoms. The SMILES string of the molecule is CCC(=O)N(C)CC(=O)N1N=C(c2cccs2)CC1c1ccc(F)cc1. The number of benzene rings is 1. The first kappa shape index (κ1) is 18.3. The van der Waals surface area contributed by atoms with Crippen LogP contribution in [0.3, 0.4) is 0 Å². The van der Waals surface area contributed by atoms with Gasteiger partial charge in [-0.25, -0.2) is 9.40 Å². The van der Waals surface area contributed by atoms with Crippen LogP contribution in [0, 0.1) is 5.82 Å². The number of rotatable bonds is 5. The first-order valence-electron chi connectivity index (χ1n) is 8.42. The van der Waals surface area contributed by atoms with Gasteiger partial charge in [0.1, 0.15) is 12.4 Å². The molecule has 1 atom stereocenters. The zero-order chi connectivity index (χ0) is 18.7. The van der Waals surface area contributed by atoms with E-state index in [2.05, 4.69) is 5.10 Å². The van der Waals surface area contributed by atoms with Gasteiger partial charge in [0.2, 0.25) is 5.91 Å². The lowest BCUT2D eigenvalue weighted by atomic mass is 10.0. The molecule has 1 unspecified atom stereocenters. The van der Waals surface area contributed by atoms with Crippen LogP contribution in [0.25, 0.3) is 0 Å². The normalized spacial score (nSPS) is 16.5. The Morgan fingerprint density at radius 1 is 1.31 bits per heavy atom. The molecule has 0 aliphatic carbocycles. The second-order valence-electron chi connectivity index (χ2n) is 6.14. The van der Waals surface area contributed by atoms with Gasteiger partial charge in [-0.05, 0) is 29.1 Å². The molecule has 0 saturated heterocycles. The number of hydrazone groups is 1. The average Bonchev–Trinajstić information content (AvgIpc) is 3.31. The second kappa shape index (κ2) is 7.78. The Hall–Kier alpha value is -2.54. The van der Waals surface area contributed by atoms with E-state index in [1.54, 1.807) is 37.4 Å². The van der Waals surface area contributed by atoms with E-state index in [1.165, 1.54) is 22.0 Å². The maximum absolute atomic E-state index is 13.3. The third-order valence-corrected chi connectivity index (χ3v) is 5.25. The van der Waals surface area contributed by atoms with Gasteiger partial charge in [-0.15, -0.1) is 11.3 Å². The fraction of sp³-hybridized carbons (Fsp3) is 0.316. The highest BCUT2D eigenvalue weighted by Crippen LogP contribution is 2.33. The molecule has 3 rings (SSSR count). The summed E-state index contributed by atoms with van der Waals surface area (Å²) in [6.45, 7) is 1.72. The maximum Gasteiger partial charge on any atom is 0.262 e. The summed E-state index contributed by atoms with van der Waals surface area (Å²) < 4.78 is 13.3. The summed E-state index contributed by atoms with van der Waals surface area (Å²) in [6.07, 6.45) is 0.901. The molecule has 1 aromatic heterocycles. The fourth-order valence-electron chi connectivity index (χ4n) is 2.91. The van der Waals surface area contributed by atoms with Crippen LogP contribution >= 0.6 is 11.3 Å². The monoisotopic (exact) mass is 373 g/mol. The van der Waals surface area contributed by atoms with Crippen molar-refractivity contribution in [1.29, 1.82) is 0 Å². The van der Waals surface area contributed by atoms with Gasteiger partial charge in [-0.3, -0.25) is 9.59 Å². The number of thiophene rings is 1. The molecule has 0 radical (unpaired) electrons. The summed E-state index contributed by atoms with van der Waals surface area (Å²) in [5.41, 5.74) is 1.65. The van der Waals surface area contributed by atoms with Crippen LogP contribution in [0.2, 0.25) is 0 Å². The molecule has 0 saturated carbocycles. The highest BCUT2D eigenvalue weighted by molar-refractivity contribution is 7.12. The summed E-state index contributed by atoms with van der Waals surface area (Å²) in [5.74, 6) is -0.675. The predicted molar refractivity (Wildman–Crippen MR) is 99.4 cm³/mol. The molecule has 0 N–H and O–H groups in total. The van der Waals surface area contributed by atoms with E-state index in [4.69, 9.17) is 0 Å². The highest BCUT2D eigenvalue weighted by Gasteiger charge is 2.34. The van der Waals surface area contributed by atoms with Gasteiger partial charge >= 0.3 is 0 Å². The van der Waals surface area contributed by atoms with Crippen LogP contribution in [0.5, 0.6) is 0 Å². The third kappa shape index (κ3) is 3.83. The minimum absolute atomic E-state index is 0.0361. The van der Waals surface area contributed by atoms with Crippen molar-refractivity contribution in [2.24, 2.45) is 5.10 Å². The first-order valence-corrected chi connectivity index (χ1v) is 9.30. The van der Waals surface area contributed by atoms with E-state index in [0.717, 1.165) is 16.2 Å². The second-order valence-corrected chi connectivity index (χ2v) is 7.08. The van der Waals surface area contributed by atoms with Crippen LogP contribution in [0.4, 0.5) is 4.39 Å². The predicted octanol–water partition coefficient (Wildman–Crippen LogP) is 3.43. The lowest BCUT2D eigenvalue weighted by Gasteiger charge is -2.24. The lowest BCUT2D eigenvalue weighted by Crippen LogP contribution is -2.39. The van der Waals surface area contributed by atoms with Crippen LogP contribution in [-0.2, 0) is 9.59 Å². The first-order chi connectivity index (χ1) is 12.5. The molecule has 2 heterocycles. The number of likely N-dealkylation sites (N-methyl/N-ethyl adjacent to an activating group) is 1. The van der Waals surface area contributed by atoms with Crippen molar-refractivity contribution < 1.29 is 14.0 Å². The van der Waals surface area contributed by atoms with Gasteiger partial charge in [0.15, 0.2) is 0 Å². The number of halogens is 1. The van der Waals surface area contributed by atoms with Gasteiger partial charge in [-0.1, -0.05) is 25.1 Å². The Morgan fingerprint density at radius 3 is 2.65 bits per heavy atom. The number of carbonyl (C=O) groups excluding carboxylic acids is 2. The molecule has 1 aromatic carbocycles. The minimum atomic E-state index is -0.322. The van der Waals surface area contributed by atoms with Crippen LogP contribution in [0.1, 0.15) is 36.2 Å². The van der Waals surface area contributed by atoms with Gasteiger partial charge in [-0.2, -0.15) is 5.10 Å². The zero-order valence-corrected chi connectivity index (χ0v) is 15.5. The van der Waals surface area contributed by atoms with Crippen molar-refractivity contribution in [2.45, 2.75) is 25.8 Å². The van der Waals surface area contributed by atoms with Crippen molar-refractivity contribution in [3.8, 4) is 0 Å². The van der Waals surface area contributed by atoms with E-state index < -0.39 is 0 Å². The molecule has 0 bridgehead atoms. The summed E-state index contributed by atoms with van der Waals surface area (Å²) in [5, 5.41) is 7.92. The van der Waals surface area contributed by atoms with Crippen molar-refractivity contribution >= 4 is 28.9 Å². The standard InChI is InChI=1S/C19H20FN3O2S/c1-3-18(24)22(2)12-19(25)23-16(13-6-8-14(20)9-7-13)11-15(21-23)17-5-4-10-26-17/h4-10,16H,3,11-12H2,1-2H3. The molecular formula is C19H20FN3O2S. The Bertz CT molecular complexity index is 818. The molecule has 2 amide bonds. The summed E-state index contributed by atoms with van der Waals surface area (Å²) >= 11 is 1.56. The Balaban J connectivity index is 1.86. The molecular weight excluding hydrogens is 353 g/mol. The van der Waals surface area contributed by atoms with Crippen molar-refractivity contribution in [2.75, 3.05) is 13.6 Å².